The molecule has 8 unspecified atom stereocenters. The average molecular weight is 715 g/mol. The van der Waals surface area contributed by atoms with Crippen LogP contribution in [0.3, 0.4) is 0 Å². The molecule has 2 saturated heterocycles. The summed E-state index contributed by atoms with van der Waals surface area (Å²) in [5.74, 6) is 5.50. The SMILES string of the molecule is CC1C=C2C3=C(C1)N(C1C=C(C4CCCCC4)C=CC1)C1CC(C4CCCCC4)=CCC1B3C1CC(C(C)(C)C)CC3C1N2C(C)(C)C31CCCCC1. The Hall–Kier alpha value is -1.64. The van der Waals surface area contributed by atoms with Gasteiger partial charge in [-0.1, -0.05) is 128 Å². The molecule has 6 fully saturated rings. The molecule has 53 heavy (non-hydrogen) atoms. The Morgan fingerprint density at radius 3 is 2.19 bits per heavy atom. The first-order valence-electron chi connectivity index (χ1n) is 23.7. The molecule has 2 nitrogen and oxygen atoms in total. The van der Waals surface area contributed by atoms with Gasteiger partial charge in [0.15, 0.2) is 6.71 Å². The molecule has 7 aliphatic carbocycles. The maximum absolute atomic E-state index is 3.22. The molecule has 10 aliphatic rings. The Labute approximate surface area is 325 Å². The van der Waals surface area contributed by atoms with Gasteiger partial charge in [0.05, 0.1) is 6.04 Å². The molecule has 3 aliphatic heterocycles. The summed E-state index contributed by atoms with van der Waals surface area (Å²) in [6.07, 6.45) is 43.6. The van der Waals surface area contributed by atoms with Crippen LogP contribution in [0.2, 0.25) is 11.6 Å². The zero-order valence-electron chi connectivity index (χ0n) is 35.0. The van der Waals surface area contributed by atoms with Crippen LogP contribution in [0.25, 0.3) is 0 Å². The lowest BCUT2D eigenvalue weighted by Gasteiger charge is -2.62. The maximum Gasteiger partial charge on any atom is 0.191 e. The van der Waals surface area contributed by atoms with Crippen molar-refractivity contribution in [3.63, 3.8) is 0 Å². The lowest BCUT2D eigenvalue weighted by molar-refractivity contribution is 0.0127. The number of fused-ring (bicyclic) bond motifs is 5. The van der Waals surface area contributed by atoms with Gasteiger partial charge < -0.3 is 9.80 Å². The molecule has 0 amide bonds. The quantitative estimate of drug-likeness (QED) is 0.212. The van der Waals surface area contributed by atoms with Crippen LogP contribution in [-0.4, -0.2) is 40.2 Å². The molecule has 1 spiro atoms. The number of rotatable bonds is 3. The van der Waals surface area contributed by atoms with Crippen LogP contribution in [0.15, 0.2) is 58.4 Å². The van der Waals surface area contributed by atoms with Gasteiger partial charge >= 0.3 is 0 Å². The molecule has 288 valence electrons. The highest BCUT2D eigenvalue weighted by Crippen LogP contribution is 2.72. The second-order valence-electron chi connectivity index (χ2n) is 22.5. The molecule has 0 radical (unpaired) electrons. The van der Waals surface area contributed by atoms with Crippen LogP contribution in [0.1, 0.15) is 176 Å². The minimum absolute atomic E-state index is 0.212. The van der Waals surface area contributed by atoms with E-state index in [2.05, 4.69) is 81.7 Å². The zero-order valence-corrected chi connectivity index (χ0v) is 35.0. The van der Waals surface area contributed by atoms with Crippen molar-refractivity contribution < 1.29 is 0 Å². The van der Waals surface area contributed by atoms with Gasteiger partial charge in [0, 0.05) is 29.0 Å². The summed E-state index contributed by atoms with van der Waals surface area (Å²) in [6.45, 7) is 16.7. The number of hydrogen-bond donors (Lipinski definition) is 0. The maximum atomic E-state index is 3.22. The standard InChI is InChI=1S/C50H75BN2/c1-33-27-44-46-45(28-33)53-47-40(50(49(53,5)6)25-14-9-15-26-50)31-38(48(2,3)4)32-42(47)51(46)41-24-23-37(35-19-12-8-13-20-35)30-43(41)52(44)39-22-16-21-36(29-39)34-17-10-7-11-18-34/h16,21,23,28-29,33-35,38-43,47H,7-15,17-20,22,24-27,30-32H2,1-6H3. The molecule has 0 aromatic rings. The highest BCUT2D eigenvalue weighted by molar-refractivity contribution is 6.72. The Kier molecular flexibility index (Phi) is 8.92. The van der Waals surface area contributed by atoms with Crippen LogP contribution in [0.5, 0.6) is 0 Å². The molecule has 4 saturated carbocycles. The third kappa shape index (κ3) is 5.50. The number of hydrogen-bond acceptors (Lipinski definition) is 2. The predicted octanol–water partition coefficient (Wildman–Crippen LogP) is 13.3. The largest absolute Gasteiger partial charge is 0.365 e. The normalized spacial score (nSPS) is 39.7. The van der Waals surface area contributed by atoms with Gasteiger partial charge in [-0.25, -0.2) is 0 Å². The fraction of sp³-hybridized carbons (Fsp3) is 0.800. The molecule has 0 aromatic heterocycles. The van der Waals surface area contributed by atoms with E-state index in [9.17, 15) is 0 Å². The predicted molar refractivity (Wildman–Crippen MR) is 225 cm³/mol. The van der Waals surface area contributed by atoms with Gasteiger partial charge in [-0.3, -0.25) is 0 Å². The first kappa shape index (κ1) is 35.8. The van der Waals surface area contributed by atoms with Gasteiger partial charge in [0.25, 0.3) is 0 Å². The minimum Gasteiger partial charge on any atom is -0.365 e. The molecule has 8 atom stereocenters. The fourth-order valence-corrected chi connectivity index (χ4v) is 16.2. The van der Waals surface area contributed by atoms with Crippen LogP contribution in [0.4, 0.5) is 0 Å². The summed E-state index contributed by atoms with van der Waals surface area (Å²) in [5.41, 5.74) is 10.1. The minimum atomic E-state index is 0.212. The molecular formula is C50H75BN2. The molecule has 3 heteroatoms. The molecular weight excluding hydrogens is 639 g/mol. The first-order valence-corrected chi connectivity index (χ1v) is 23.7. The number of allylic oxidation sites excluding steroid dienone is 6. The Balaban J connectivity index is 1.14. The van der Waals surface area contributed by atoms with E-state index in [0.29, 0.717) is 28.8 Å². The van der Waals surface area contributed by atoms with E-state index in [4.69, 9.17) is 0 Å². The summed E-state index contributed by atoms with van der Waals surface area (Å²) < 4.78 is 0. The highest BCUT2D eigenvalue weighted by atomic mass is 15.3. The lowest BCUT2D eigenvalue weighted by atomic mass is 9.21. The lowest BCUT2D eigenvalue weighted by Crippen LogP contribution is -2.64. The fourth-order valence-electron chi connectivity index (χ4n) is 16.2. The monoisotopic (exact) mass is 715 g/mol. The molecule has 0 bridgehead atoms. The summed E-state index contributed by atoms with van der Waals surface area (Å²) in [6, 6.07) is 1.94. The van der Waals surface area contributed by atoms with Gasteiger partial charge in [-0.15, -0.1) is 0 Å². The van der Waals surface area contributed by atoms with Gasteiger partial charge in [-0.05, 0) is 148 Å². The van der Waals surface area contributed by atoms with E-state index >= 15 is 0 Å². The average Bonchev–Trinajstić information content (AvgIpc) is 3.35. The van der Waals surface area contributed by atoms with Crippen molar-refractivity contribution in [1.29, 1.82) is 0 Å². The van der Waals surface area contributed by atoms with Crippen molar-refractivity contribution in [2.24, 2.45) is 40.4 Å². The van der Waals surface area contributed by atoms with Crippen molar-refractivity contribution >= 4 is 6.71 Å². The molecule has 10 rings (SSSR count). The highest BCUT2D eigenvalue weighted by Gasteiger charge is 2.71. The third-order valence-electron chi connectivity index (χ3n) is 18.7. The zero-order chi connectivity index (χ0) is 36.3. The molecule has 0 aromatic carbocycles. The summed E-state index contributed by atoms with van der Waals surface area (Å²) in [7, 11) is 0. The van der Waals surface area contributed by atoms with Gasteiger partial charge in [0.2, 0.25) is 0 Å². The van der Waals surface area contributed by atoms with Crippen LogP contribution >= 0.6 is 0 Å². The Morgan fingerprint density at radius 2 is 1.47 bits per heavy atom. The van der Waals surface area contributed by atoms with Crippen LogP contribution in [0, 0.1) is 40.4 Å². The van der Waals surface area contributed by atoms with Crippen molar-refractivity contribution in [2.75, 3.05) is 0 Å². The number of nitrogens with zero attached hydrogens (tertiary/aromatic N) is 2. The van der Waals surface area contributed by atoms with Gasteiger partial charge in [0.1, 0.15) is 0 Å². The molecule has 0 N–H and O–H groups in total. The van der Waals surface area contributed by atoms with Crippen LogP contribution in [-0.2, 0) is 0 Å². The Bertz CT molecular complexity index is 1580. The van der Waals surface area contributed by atoms with Crippen molar-refractivity contribution in [3.8, 4) is 0 Å². The first-order chi connectivity index (χ1) is 25.6. The van der Waals surface area contributed by atoms with E-state index in [-0.39, 0.29) is 5.54 Å². The summed E-state index contributed by atoms with van der Waals surface area (Å²) >= 11 is 0. The van der Waals surface area contributed by atoms with E-state index in [0.717, 1.165) is 48.1 Å². The van der Waals surface area contributed by atoms with E-state index in [1.54, 1.807) is 11.3 Å². The van der Waals surface area contributed by atoms with E-state index < -0.39 is 0 Å². The van der Waals surface area contributed by atoms with Crippen LogP contribution < -0.4 is 0 Å². The van der Waals surface area contributed by atoms with Crippen molar-refractivity contribution in [2.45, 2.75) is 212 Å². The summed E-state index contributed by atoms with van der Waals surface area (Å²) in [4.78, 5) is 6.44. The van der Waals surface area contributed by atoms with Gasteiger partial charge in [-0.2, -0.15) is 0 Å². The van der Waals surface area contributed by atoms with Crippen molar-refractivity contribution in [3.05, 3.63) is 58.4 Å². The second-order valence-corrected chi connectivity index (χ2v) is 22.5. The smallest absolute Gasteiger partial charge is 0.191 e. The molecule has 3 heterocycles. The van der Waals surface area contributed by atoms with Crippen molar-refractivity contribution in [1.82, 2.24) is 9.80 Å². The van der Waals surface area contributed by atoms with E-state index in [1.807, 2.05) is 16.7 Å². The Morgan fingerprint density at radius 1 is 0.774 bits per heavy atom. The third-order valence-corrected chi connectivity index (χ3v) is 18.7. The second kappa shape index (κ2) is 13.2. The van der Waals surface area contributed by atoms with E-state index in [1.165, 1.54) is 135 Å². The summed E-state index contributed by atoms with van der Waals surface area (Å²) in [5, 5.41) is 0. The topological polar surface area (TPSA) is 6.48 Å².